The van der Waals surface area contributed by atoms with E-state index >= 15 is 0 Å². The summed E-state index contributed by atoms with van der Waals surface area (Å²) >= 11 is 0. The van der Waals surface area contributed by atoms with E-state index in [4.69, 9.17) is 4.74 Å². The van der Waals surface area contributed by atoms with Crippen LogP contribution >= 0.6 is 0 Å². The molecule has 0 N–H and O–H groups in total. The molecule has 1 aliphatic rings. The van der Waals surface area contributed by atoms with Crippen LogP contribution in [-0.2, 0) is 14.3 Å². The van der Waals surface area contributed by atoms with Crippen molar-refractivity contribution in [3.05, 3.63) is 0 Å². The number of carbonyl (C=O) groups excluding carboxylic acids is 2. The Hall–Kier alpha value is -1.10. The molecule has 1 saturated heterocycles. The van der Waals surface area contributed by atoms with Crippen LogP contribution in [0.15, 0.2) is 0 Å². The molecule has 5 nitrogen and oxygen atoms in total. The maximum atomic E-state index is 11.5. The van der Waals surface area contributed by atoms with Crippen LogP contribution in [0, 0.1) is 0 Å². The third-order valence-corrected chi connectivity index (χ3v) is 2.40. The van der Waals surface area contributed by atoms with Gasteiger partial charge in [0.1, 0.15) is 0 Å². The van der Waals surface area contributed by atoms with Crippen LogP contribution in [0.5, 0.6) is 0 Å². The number of nitrogens with zero attached hydrogens (tertiary/aromatic N) is 2. The summed E-state index contributed by atoms with van der Waals surface area (Å²) in [6.07, 6.45) is 0.738. The molecule has 0 aliphatic carbocycles. The van der Waals surface area contributed by atoms with E-state index in [1.165, 1.54) is 0 Å². The lowest BCUT2D eigenvalue weighted by molar-refractivity contribution is -0.161. The SMILES string of the molecule is CCCOC(=O)C(=O)N1CCN(C)CC1. The second-order valence-corrected chi connectivity index (χ2v) is 3.73. The lowest BCUT2D eigenvalue weighted by atomic mass is 10.3. The van der Waals surface area contributed by atoms with Gasteiger partial charge in [-0.2, -0.15) is 0 Å². The highest BCUT2D eigenvalue weighted by molar-refractivity contribution is 6.32. The second-order valence-electron chi connectivity index (χ2n) is 3.73. The van der Waals surface area contributed by atoms with Crippen molar-refractivity contribution in [2.45, 2.75) is 13.3 Å². The average molecular weight is 214 g/mol. The Morgan fingerprint density at radius 2 is 1.80 bits per heavy atom. The molecule has 15 heavy (non-hydrogen) atoms. The number of likely N-dealkylation sites (N-methyl/N-ethyl adjacent to an activating group) is 1. The Morgan fingerprint density at radius 1 is 1.20 bits per heavy atom. The van der Waals surface area contributed by atoms with Gasteiger partial charge in [0, 0.05) is 26.2 Å². The molecule has 0 aromatic carbocycles. The standard InChI is InChI=1S/C10H18N2O3/c1-3-8-15-10(14)9(13)12-6-4-11(2)5-7-12/h3-8H2,1-2H3. The fourth-order valence-corrected chi connectivity index (χ4v) is 1.40. The molecule has 86 valence electrons. The first-order valence-corrected chi connectivity index (χ1v) is 5.29. The summed E-state index contributed by atoms with van der Waals surface area (Å²) in [6.45, 7) is 5.05. The molecule has 1 aliphatic heterocycles. The summed E-state index contributed by atoms with van der Waals surface area (Å²) < 4.78 is 4.79. The Balaban J connectivity index is 2.36. The molecule has 0 bridgehead atoms. The van der Waals surface area contributed by atoms with Gasteiger partial charge >= 0.3 is 11.9 Å². The van der Waals surface area contributed by atoms with Gasteiger partial charge in [-0.25, -0.2) is 4.79 Å². The molecule has 0 saturated carbocycles. The van der Waals surface area contributed by atoms with Crippen molar-refractivity contribution in [1.82, 2.24) is 9.80 Å². The lowest BCUT2D eigenvalue weighted by Crippen LogP contribution is -2.49. The third-order valence-electron chi connectivity index (χ3n) is 2.40. The quantitative estimate of drug-likeness (QED) is 0.468. The van der Waals surface area contributed by atoms with Crippen LogP contribution in [0.4, 0.5) is 0 Å². The van der Waals surface area contributed by atoms with Gasteiger partial charge in [0.15, 0.2) is 0 Å². The largest absolute Gasteiger partial charge is 0.459 e. The minimum atomic E-state index is -0.721. The Morgan fingerprint density at radius 3 is 2.33 bits per heavy atom. The lowest BCUT2D eigenvalue weighted by Gasteiger charge is -2.31. The first kappa shape index (κ1) is 12.0. The first-order chi connectivity index (χ1) is 7.15. The monoisotopic (exact) mass is 214 g/mol. The number of esters is 1. The fourth-order valence-electron chi connectivity index (χ4n) is 1.40. The topological polar surface area (TPSA) is 49.9 Å². The van der Waals surface area contributed by atoms with Gasteiger partial charge < -0.3 is 14.5 Å². The van der Waals surface area contributed by atoms with Crippen molar-refractivity contribution < 1.29 is 14.3 Å². The van der Waals surface area contributed by atoms with Crippen molar-refractivity contribution in [3.63, 3.8) is 0 Å². The van der Waals surface area contributed by atoms with Crippen molar-refractivity contribution in [2.24, 2.45) is 0 Å². The molecule has 0 spiro atoms. The Labute approximate surface area is 90.0 Å². The number of amides is 1. The summed E-state index contributed by atoms with van der Waals surface area (Å²) in [7, 11) is 2.00. The Bertz CT molecular complexity index is 235. The van der Waals surface area contributed by atoms with Gasteiger partial charge in [-0.05, 0) is 13.5 Å². The highest BCUT2D eigenvalue weighted by atomic mass is 16.5. The molecule has 5 heteroatoms. The molecule has 1 rings (SSSR count). The predicted molar refractivity (Wildman–Crippen MR) is 55.3 cm³/mol. The molecule has 0 unspecified atom stereocenters. The third kappa shape index (κ3) is 3.51. The number of ether oxygens (including phenoxy) is 1. The van der Waals surface area contributed by atoms with E-state index in [0.717, 1.165) is 19.5 Å². The maximum absolute atomic E-state index is 11.5. The summed E-state index contributed by atoms with van der Waals surface area (Å²) in [4.78, 5) is 26.5. The highest BCUT2D eigenvalue weighted by Gasteiger charge is 2.25. The number of piperazine rings is 1. The van der Waals surface area contributed by atoms with Crippen molar-refractivity contribution in [1.29, 1.82) is 0 Å². The van der Waals surface area contributed by atoms with Crippen molar-refractivity contribution in [3.8, 4) is 0 Å². The van der Waals surface area contributed by atoms with Gasteiger partial charge in [-0.1, -0.05) is 6.92 Å². The zero-order chi connectivity index (χ0) is 11.3. The van der Waals surface area contributed by atoms with Crippen LogP contribution in [-0.4, -0.2) is 61.5 Å². The molecule has 0 atom stereocenters. The molecule has 1 amide bonds. The van der Waals surface area contributed by atoms with Crippen molar-refractivity contribution in [2.75, 3.05) is 39.8 Å². The van der Waals surface area contributed by atoms with Gasteiger partial charge in [0.05, 0.1) is 6.61 Å². The summed E-state index contributed by atoms with van der Waals surface area (Å²) in [5.41, 5.74) is 0. The van der Waals surface area contributed by atoms with Gasteiger partial charge in [-0.3, -0.25) is 4.79 Å². The molecular weight excluding hydrogens is 196 g/mol. The van der Waals surface area contributed by atoms with Crippen molar-refractivity contribution >= 4 is 11.9 Å². The number of rotatable bonds is 2. The first-order valence-electron chi connectivity index (χ1n) is 5.29. The van der Waals surface area contributed by atoms with E-state index < -0.39 is 11.9 Å². The van der Waals surface area contributed by atoms with Gasteiger partial charge in [-0.15, -0.1) is 0 Å². The summed E-state index contributed by atoms with van der Waals surface area (Å²) in [5.74, 6) is -1.22. The molecule has 0 radical (unpaired) electrons. The molecular formula is C10H18N2O3. The minimum absolute atomic E-state index is 0.318. The maximum Gasteiger partial charge on any atom is 0.397 e. The van der Waals surface area contributed by atoms with Crippen LogP contribution in [0.3, 0.4) is 0 Å². The smallest absolute Gasteiger partial charge is 0.397 e. The molecule has 0 aromatic rings. The molecule has 1 fully saturated rings. The van der Waals surface area contributed by atoms with E-state index in [0.29, 0.717) is 19.7 Å². The van der Waals surface area contributed by atoms with Gasteiger partial charge in [0.25, 0.3) is 0 Å². The average Bonchev–Trinajstić information content (AvgIpc) is 2.26. The Kier molecular flexibility index (Phi) is 4.55. The normalized spacial score (nSPS) is 17.6. The van der Waals surface area contributed by atoms with E-state index in [1.54, 1.807) is 4.90 Å². The number of hydrogen-bond acceptors (Lipinski definition) is 4. The van der Waals surface area contributed by atoms with Gasteiger partial charge in [0.2, 0.25) is 0 Å². The predicted octanol–water partition coefficient (Wildman–Crippen LogP) is -0.286. The second kappa shape index (κ2) is 5.70. The van der Waals surface area contributed by atoms with Crippen LogP contribution in [0.25, 0.3) is 0 Å². The number of hydrogen-bond donors (Lipinski definition) is 0. The van der Waals surface area contributed by atoms with Crippen LogP contribution in [0.2, 0.25) is 0 Å². The summed E-state index contributed by atoms with van der Waals surface area (Å²) in [5, 5.41) is 0. The highest BCUT2D eigenvalue weighted by Crippen LogP contribution is 2.00. The van der Waals surface area contributed by atoms with E-state index in [2.05, 4.69) is 4.90 Å². The zero-order valence-corrected chi connectivity index (χ0v) is 9.36. The van der Waals surface area contributed by atoms with E-state index in [9.17, 15) is 9.59 Å². The zero-order valence-electron chi connectivity index (χ0n) is 9.36. The van der Waals surface area contributed by atoms with Crippen LogP contribution < -0.4 is 0 Å². The molecule has 1 heterocycles. The molecule has 0 aromatic heterocycles. The van der Waals surface area contributed by atoms with E-state index in [-0.39, 0.29) is 0 Å². The minimum Gasteiger partial charge on any atom is -0.459 e. The number of carbonyl (C=O) groups is 2. The van der Waals surface area contributed by atoms with Crippen LogP contribution in [0.1, 0.15) is 13.3 Å². The summed E-state index contributed by atoms with van der Waals surface area (Å²) in [6, 6.07) is 0. The van der Waals surface area contributed by atoms with E-state index in [1.807, 2.05) is 14.0 Å². The fraction of sp³-hybridized carbons (Fsp3) is 0.800.